The molecule has 3 rings (SSSR count). The molecule has 1 aliphatic heterocycles. The van der Waals surface area contributed by atoms with Gasteiger partial charge in [0.25, 0.3) is 5.91 Å². The topological polar surface area (TPSA) is 68.7 Å². The van der Waals surface area contributed by atoms with Gasteiger partial charge in [-0.25, -0.2) is 4.99 Å². The monoisotopic (exact) mass is 299 g/mol. The van der Waals surface area contributed by atoms with E-state index >= 15 is 0 Å². The minimum Gasteiger partial charge on any atom is -0.508 e. The van der Waals surface area contributed by atoms with Crippen molar-refractivity contribution in [3.63, 3.8) is 0 Å². The van der Waals surface area contributed by atoms with Crippen molar-refractivity contribution < 1.29 is 9.90 Å². The summed E-state index contributed by atoms with van der Waals surface area (Å²) in [7, 11) is 1.70. The fourth-order valence-corrected chi connectivity index (χ4v) is 2.84. The van der Waals surface area contributed by atoms with Gasteiger partial charge in [-0.05, 0) is 54.2 Å². The second kappa shape index (κ2) is 5.49. The molecule has 1 aliphatic rings. The van der Waals surface area contributed by atoms with Crippen LogP contribution in [0, 0.1) is 0 Å². The molecule has 0 saturated carbocycles. The molecule has 0 aliphatic carbocycles. The number of phenolic OH excluding ortho intramolecular Hbond substituents is 1. The van der Waals surface area contributed by atoms with Crippen LogP contribution in [0.3, 0.4) is 0 Å². The molecule has 6 heteroatoms. The number of aromatic hydroxyl groups is 1. The van der Waals surface area contributed by atoms with Crippen molar-refractivity contribution in [2.75, 3.05) is 7.05 Å². The smallest absolute Gasteiger partial charge is 0.266 e. The quantitative estimate of drug-likeness (QED) is 0.838. The lowest BCUT2D eigenvalue weighted by molar-refractivity contribution is -0.121. The first-order chi connectivity index (χ1) is 10.1. The van der Waals surface area contributed by atoms with Crippen LogP contribution in [-0.4, -0.2) is 33.1 Å². The predicted octanol–water partition coefficient (Wildman–Crippen LogP) is 2.95. The van der Waals surface area contributed by atoms with Gasteiger partial charge in [0.05, 0.1) is 10.6 Å². The Bertz CT molecular complexity index is 718. The molecule has 5 nitrogen and oxygen atoms in total. The van der Waals surface area contributed by atoms with Crippen molar-refractivity contribution in [1.29, 1.82) is 0 Å². The fourth-order valence-electron chi connectivity index (χ4n) is 1.86. The van der Waals surface area contributed by atoms with Gasteiger partial charge in [-0.15, -0.1) is 0 Å². The van der Waals surface area contributed by atoms with Gasteiger partial charge < -0.3 is 10.1 Å². The molecule has 21 heavy (non-hydrogen) atoms. The Balaban J connectivity index is 1.88. The van der Waals surface area contributed by atoms with E-state index in [2.05, 4.69) is 9.98 Å². The van der Waals surface area contributed by atoms with Crippen molar-refractivity contribution in [3.05, 3.63) is 53.2 Å². The molecule has 2 N–H and O–H groups in total. The molecule has 0 spiro atoms. The molecule has 0 atom stereocenters. The highest BCUT2D eigenvalue weighted by molar-refractivity contribution is 8.18. The molecule has 1 fully saturated rings. The van der Waals surface area contributed by atoms with Crippen molar-refractivity contribution in [2.24, 2.45) is 4.99 Å². The number of aromatic nitrogens is 1. The lowest BCUT2D eigenvalue weighted by atomic mass is 10.3. The number of benzene rings is 1. The number of hydrogen-bond donors (Lipinski definition) is 2. The predicted molar refractivity (Wildman–Crippen MR) is 84.3 cm³/mol. The Morgan fingerprint density at radius 3 is 2.71 bits per heavy atom. The number of amidine groups is 1. The molecule has 0 bridgehead atoms. The summed E-state index contributed by atoms with van der Waals surface area (Å²) in [6.45, 7) is 0. The summed E-state index contributed by atoms with van der Waals surface area (Å²) in [6.07, 6.45) is 3.62. The number of nitrogens with one attached hydrogen (secondary N) is 1. The van der Waals surface area contributed by atoms with Gasteiger partial charge in [-0.2, -0.15) is 0 Å². The third kappa shape index (κ3) is 2.85. The van der Waals surface area contributed by atoms with Gasteiger partial charge in [0, 0.05) is 18.9 Å². The molecule has 2 heterocycles. The molecular weight excluding hydrogens is 286 g/mol. The van der Waals surface area contributed by atoms with Crippen molar-refractivity contribution in [1.82, 2.24) is 9.88 Å². The Labute approximate surface area is 126 Å². The molecular formula is C15H13N3O2S. The first kappa shape index (κ1) is 13.5. The SMILES string of the molecule is CN1C(=O)/C(=C/c2ccc[nH]2)SC1=Nc1ccc(O)cc1. The molecule has 0 radical (unpaired) electrons. The lowest BCUT2D eigenvalue weighted by Gasteiger charge is -2.06. The summed E-state index contributed by atoms with van der Waals surface area (Å²) in [5.41, 5.74) is 1.57. The van der Waals surface area contributed by atoms with Gasteiger partial charge in [-0.1, -0.05) is 0 Å². The largest absolute Gasteiger partial charge is 0.508 e. The Morgan fingerprint density at radius 1 is 1.29 bits per heavy atom. The van der Waals surface area contributed by atoms with Crippen molar-refractivity contribution >= 4 is 34.6 Å². The van der Waals surface area contributed by atoms with Crippen LogP contribution in [0.15, 0.2) is 52.5 Å². The van der Waals surface area contributed by atoms with Crippen LogP contribution in [-0.2, 0) is 4.79 Å². The van der Waals surface area contributed by atoms with E-state index in [0.29, 0.717) is 15.8 Å². The maximum atomic E-state index is 12.2. The number of hydrogen-bond acceptors (Lipinski definition) is 4. The fraction of sp³-hybridized carbons (Fsp3) is 0.0667. The Morgan fingerprint density at radius 2 is 2.05 bits per heavy atom. The highest BCUT2D eigenvalue weighted by Gasteiger charge is 2.30. The van der Waals surface area contributed by atoms with Crippen LogP contribution in [0.1, 0.15) is 5.69 Å². The number of carbonyl (C=O) groups is 1. The maximum absolute atomic E-state index is 12.2. The van der Waals surface area contributed by atoms with Crippen LogP contribution >= 0.6 is 11.8 Å². The number of rotatable bonds is 2. The minimum atomic E-state index is -0.0767. The molecule has 1 aromatic heterocycles. The Kier molecular flexibility index (Phi) is 3.53. The van der Waals surface area contributed by atoms with Gasteiger partial charge in [0.15, 0.2) is 5.17 Å². The highest BCUT2D eigenvalue weighted by Crippen LogP contribution is 2.33. The van der Waals surface area contributed by atoms with Crippen LogP contribution in [0.25, 0.3) is 6.08 Å². The van der Waals surface area contributed by atoms with E-state index in [-0.39, 0.29) is 11.7 Å². The van der Waals surface area contributed by atoms with Crippen molar-refractivity contribution in [2.45, 2.75) is 0 Å². The van der Waals surface area contributed by atoms with E-state index in [9.17, 15) is 9.90 Å². The van der Waals surface area contributed by atoms with E-state index in [1.54, 1.807) is 31.3 Å². The highest BCUT2D eigenvalue weighted by atomic mass is 32.2. The van der Waals surface area contributed by atoms with E-state index in [1.807, 2.05) is 24.4 Å². The first-order valence-electron chi connectivity index (χ1n) is 6.32. The molecule has 1 amide bonds. The summed E-state index contributed by atoms with van der Waals surface area (Å²) in [4.78, 5) is 21.8. The summed E-state index contributed by atoms with van der Waals surface area (Å²) in [6, 6.07) is 10.3. The summed E-state index contributed by atoms with van der Waals surface area (Å²) in [5.74, 6) is 0.113. The van der Waals surface area contributed by atoms with Gasteiger partial charge in [-0.3, -0.25) is 9.69 Å². The zero-order valence-corrected chi connectivity index (χ0v) is 12.1. The summed E-state index contributed by atoms with van der Waals surface area (Å²) >= 11 is 1.33. The van der Waals surface area contributed by atoms with Gasteiger partial charge in [0.2, 0.25) is 0 Å². The number of aromatic amines is 1. The summed E-state index contributed by atoms with van der Waals surface area (Å²) in [5, 5.41) is 9.88. The zero-order valence-electron chi connectivity index (χ0n) is 11.3. The number of thioether (sulfide) groups is 1. The number of aliphatic imine (C=N–C) groups is 1. The number of nitrogens with zero attached hydrogens (tertiary/aromatic N) is 2. The van der Waals surface area contributed by atoms with Crippen LogP contribution in [0.4, 0.5) is 5.69 Å². The third-order valence-corrected chi connectivity index (χ3v) is 4.05. The van der Waals surface area contributed by atoms with Crippen LogP contribution in [0.2, 0.25) is 0 Å². The lowest BCUT2D eigenvalue weighted by Crippen LogP contribution is -2.23. The van der Waals surface area contributed by atoms with Crippen molar-refractivity contribution in [3.8, 4) is 5.75 Å². The zero-order chi connectivity index (χ0) is 14.8. The summed E-state index contributed by atoms with van der Waals surface area (Å²) < 4.78 is 0. The number of likely N-dealkylation sites (N-methyl/N-ethyl adjacent to an activating group) is 1. The van der Waals surface area contributed by atoms with Crippen LogP contribution < -0.4 is 0 Å². The number of phenols is 1. The number of amides is 1. The third-order valence-electron chi connectivity index (χ3n) is 2.99. The van der Waals surface area contributed by atoms with E-state index in [1.165, 1.54) is 16.7 Å². The number of carbonyl (C=O) groups excluding carboxylic acids is 1. The molecule has 1 saturated heterocycles. The second-order valence-corrected chi connectivity index (χ2v) is 5.52. The van der Waals surface area contributed by atoms with E-state index in [4.69, 9.17) is 0 Å². The molecule has 106 valence electrons. The molecule has 2 aromatic rings. The van der Waals surface area contributed by atoms with Crippen LogP contribution in [0.5, 0.6) is 5.75 Å². The number of H-pyrrole nitrogens is 1. The minimum absolute atomic E-state index is 0.0767. The van der Waals surface area contributed by atoms with E-state index in [0.717, 1.165) is 5.69 Å². The molecule has 0 unspecified atom stereocenters. The average molecular weight is 299 g/mol. The standard InChI is InChI=1S/C15H13N3O2S/c1-18-14(20)13(9-11-3-2-8-16-11)21-15(18)17-10-4-6-12(19)7-5-10/h2-9,16,19H,1H3/b13-9-,17-15?. The average Bonchev–Trinajstić information content (AvgIpc) is 3.07. The second-order valence-electron chi connectivity index (χ2n) is 4.51. The van der Waals surface area contributed by atoms with Gasteiger partial charge >= 0.3 is 0 Å². The normalized spacial score (nSPS) is 18.9. The Hall–Kier alpha value is -2.47. The maximum Gasteiger partial charge on any atom is 0.266 e. The first-order valence-corrected chi connectivity index (χ1v) is 7.14. The van der Waals surface area contributed by atoms with Gasteiger partial charge in [0.1, 0.15) is 5.75 Å². The van der Waals surface area contributed by atoms with E-state index < -0.39 is 0 Å². The molecule has 1 aromatic carbocycles.